The van der Waals surface area contributed by atoms with Gasteiger partial charge >= 0.3 is 12.0 Å². The molecule has 0 aromatic heterocycles. The number of nitrogens with zero attached hydrogens (tertiary/aromatic N) is 3. The normalized spacial score (nSPS) is 17.4. The van der Waals surface area contributed by atoms with Gasteiger partial charge in [0.2, 0.25) is 0 Å². The van der Waals surface area contributed by atoms with Crippen molar-refractivity contribution in [3.05, 3.63) is 74.8 Å². The molecule has 1 N–H and O–H groups in total. The second-order valence-corrected chi connectivity index (χ2v) is 9.69. The first-order chi connectivity index (χ1) is 18.0. The largest absolute Gasteiger partial charge is 0.462 e. The van der Waals surface area contributed by atoms with Gasteiger partial charge in [0.05, 0.1) is 23.6 Å². The summed E-state index contributed by atoms with van der Waals surface area (Å²) in [5.41, 5.74) is 3.28. The van der Waals surface area contributed by atoms with E-state index in [4.69, 9.17) is 4.74 Å². The average molecular weight is 523 g/mol. The van der Waals surface area contributed by atoms with E-state index in [2.05, 4.69) is 10.3 Å². The number of hydrogen-bond donors (Lipinski definition) is 1. The number of hydrogen-bond acceptors (Lipinski definition) is 7. The molecule has 0 radical (unpaired) electrons. The Morgan fingerprint density at radius 2 is 1.87 bits per heavy atom. The number of ketones is 1. The summed E-state index contributed by atoms with van der Waals surface area (Å²) in [5.74, 6) is -1.48. The lowest BCUT2D eigenvalue weighted by atomic mass is 9.86. The highest BCUT2D eigenvalue weighted by molar-refractivity contribution is 6.08. The Hall–Kier alpha value is -3.92. The van der Waals surface area contributed by atoms with Crippen LogP contribution in [0.1, 0.15) is 60.3 Å². The van der Waals surface area contributed by atoms with Crippen LogP contribution >= 0.6 is 0 Å². The quantitative estimate of drug-likeness (QED) is 0.150. The number of amides is 2. The summed E-state index contributed by atoms with van der Waals surface area (Å²) in [7, 11) is 0. The number of aryl methyl sites for hydroxylation is 1. The lowest BCUT2D eigenvalue weighted by molar-refractivity contribution is -0.385. The number of carbonyl (C=O) groups excluding carboxylic acids is 3. The smallest absolute Gasteiger partial charge is 0.344 e. The number of benzene rings is 2. The summed E-state index contributed by atoms with van der Waals surface area (Å²) >= 11 is 0. The molecule has 0 spiro atoms. The Morgan fingerprint density at radius 1 is 1.16 bits per heavy atom. The van der Waals surface area contributed by atoms with Crippen LogP contribution in [0.5, 0.6) is 0 Å². The third-order valence-electron chi connectivity index (χ3n) is 6.59. The molecule has 0 fully saturated rings. The minimum atomic E-state index is -0.907. The van der Waals surface area contributed by atoms with Crippen LogP contribution in [0.3, 0.4) is 0 Å². The van der Waals surface area contributed by atoms with Crippen LogP contribution in [0.2, 0.25) is 0 Å². The number of non-ortho nitro benzene ring substituents is 1. The molecule has 1 aliphatic rings. The molecule has 2 atom stereocenters. The van der Waals surface area contributed by atoms with Crippen LogP contribution in [-0.4, -0.2) is 59.1 Å². The molecule has 2 aromatic rings. The zero-order valence-corrected chi connectivity index (χ0v) is 22.4. The van der Waals surface area contributed by atoms with Crippen molar-refractivity contribution in [2.24, 2.45) is 10.9 Å². The summed E-state index contributed by atoms with van der Waals surface area (Å²) in [6.45, 7) is 9.72. The molecule has 202 valence electrons. The molecule has 10 heteroatoms. The van der Waals surface area contributed by atoms with E-state index in [0.29, 0.717) is 29.8 Å². The maximum absolute atomic E-state index is 13.1. The third-order valence-corrected chi connectivity index (χ3v) is 6.59. The predicted molar refractivity (Wildman–Crippen MR) is 143 cm³/mol. The Bertz CT molecular complexity index is 1260. The molecule has 2 unspecified atom stereocenters. The highest BCUT2D eigenvalue weighted by Crippen LogP contribution is 2.36. The van der Waals surface area contributed by atoms with Crippen molar-refractivity contribution in [2.75, 3.05) is 19.6 Å². The fourth-order valence-corrected chi connectivity index (χ4v) is 4.57. The average Bonchev–Trinajstić information content (AvgIpc) is 2.85. The van der Waals surface area contributed by atoms with E-state index in [1.165, 1.54) is 23.1 Å². The topological polar surface area (TPSA) is 131 Å². The zero-order valence-electron chi connectivity index (χ0n) is 22.4. The number of ether oxygens (including phenoxy) is 1. The highest BCUT2D eigenvalue weighted by Gasteiger charge is 2.43. The van der Waals surface area contributed by atoms with Gasteiger partial charge in [-0.3, -0.25) is 19.7 Å². The molecule has 0 saturated carbocycles. The maximum Gasteiger partial charge on any atom is 0.344 e. The van der Waals surface area contributed by atoms with Crippen molar-refractivity contribution in [1.82, 2.24) is 10.2 Å². The van der Waals surface area contributed by atoms with Gasteiger partial charge in [0.15, 0.2) is 5.78 Å². The summed E-state index contributed by atoms with van der Waals surface area (Å²) in [5, 5.41) is 14.5. The molecule has 3 rings (SSSR count). The second kappa shape index (κ2) is 12.6. The van der Waals surface area contributed by atoms with Crippen molar-refractivity contribution < 1.29 is 24.0 Å². The standard InChI is InChI=1S/C28H34N4O6/c1-17(2)38-27(34)25-20(5)30-28(35)31(26(25)21-10-7-11-22(15-21)32(36)37)14-8-13-29-16-24(33)23-12-6-9-18(3)19(23)4/h6-7,9-12,15,17,25-26,29H,8,13-14,16H2,1-5H3. The predicted octanol–water partition coefficient (Wildman–Crippen LogP) is 4.58. The molecule has 1 heterocycles. The molecule has 1 aliphatic heterocycles. The van der Waals surface area contributed by atoms with Gasteiger partial charge < -0.3 is 15.0 Å². The SMILES string of the molecule is CC1=NC(=O)N(CCCNCC(=O)c2cccc(C)c2C)C(c2cccc([N+](=O)[O-])c2)C1C(=O)OC(C)C. The van der Waals surface area contributed by atoms with E-state index in [1.54, 1.807) is 32.9 Å². The van der Waals surface area contributed by atoms with Crippen LogP contribution < -0.4 is 5.32 Å². The van der Waals surface area contributed by atoms with Gasteiger partial charge in [-0.15, -0.1) is 0 Å². The summed E-state index contributed by atoms with van der Waals surface area (Å²) in [4.78, 5) is 55.2. The van der Waals surface area contributed by atoms with E-state index in [-0.39, 0.29) is 30.7 Å². The van der Waals surface area contributed by atoms with Gasteiger partial charge in [0, 0.05) is 30.0 Å². The molecule has 10 nitrogen and oxygen atoms in total. The van der Waals surface area contributed by atoms with Gasteiger partial charge in [-0.2, -0.15) is 0 Å². The van der Waals surface area contributed by atoms with Gasteiger partial charge in [0.25, 0.3) is 5.69 Å². The number of nitrogens with one attached hydrogen (secondary N) is 1. The van der Waals surface area contributed by atoms with Crippen molar-refractivity contribution in [3.8, 4) is 0 Å². The number of Topliss-reactive ketones (excluding diaryl/α,β-unsaturated/α-hetero) is 1. The highest BCUT2D eigenvalue weighted by atomic mass is 16.6. The Morgan fingerprint density at radius 3 is 2.55 bits per heavy atom. The maximum atomic E-state index is 13.1. The van der Waals surface area contributed by atoms with E-state index < -0.39 is 28.9 Å². The summed E-state index contributed by atoms with van der Waals surface area (Å²) in [6, 6.07) is 10.2. The number of urea groups is 1. The molecular weight excluding hydrogens is 488 g/mol. The van der Waals surface area contributed by atoms with Crippen LogP contribution in [0.15, 0.2) is 47.5 Å². The molecule has 2 aromatic carbocycles. The number of rotatable bonds is 11. The Labute approximate surface area is 222 Å². The van der Waals surface area contributed by atoms with E-state index in [0.717, 1.165) is 11.1 Å². The Kier molecular flexibility index (Phi) is 9.46. The first kappa shape index (κ1) is 28.6. The second-order valence-electron chi connectivity index (χ2n) is 9.69. The van der Waals surface area contributed by atoms with Crippen LogP contribution in [-0.2, 0) is 9.53 Å². The molecule has 0 bridgehead atoms. The van der Waals surface area contributed by atoms with Crippen LogP contribution in [0.25, 0.3) is 0 Å². The van der Waals surface area contributed by atoms with Crippen molar-refractivity contribution in [1.29, 1.82) is 0 Å². The first-order valence-electron chi connectivity index (χ1n) is 12.6. The van der Waals surface area contributed by atoms with E-state index >= 15 is 0 Å². The number of nitro groups is 1. The van der Waals surface area contributed by atoms with E-state index in [9.17, 15) is 24.5 Å². The van der Waals surface area contributed by atoms with Gasteiger partial charge in [-0.25, -0.2) is 9.79 Å². The monoisotopic (exact) mass is 522 g/mol. The third kappa shape index (κ3) is 6.69. The number of esters is 1. The van der Waals surface area contributed by atoms with Crippen molar-refractivity contribution >= 4 is 29.2 Å². The van der Waals surface area contributed by atoms with Crippen molar-refractivity contribution in [3.63, 3.8) is 0 Å². The van der Waals surface area contributed by atoms with Crippen LogP contribution in [0.4, 0.5) is 10.5 Å². The van der Waals surface area contributed by atoms with Crippen LogP contribution in [0, 0.1) is 29.9 Å². The summed E-state index contributed by atoms with van der Waals surface area (Å²) in [6.07, 6.45) is 0.0866. The fourth-order valence-electron chi connectivity index (χ4n) is 4.57. The van der Waals surface area contributed by atoms with Gasteiger partial charge in [-0.05, 0) is 64.3 Å². The minimum Gasteiger partial charge on any atom is -0.462 e. The molecule has 2 amide bonds. The van der Waals surface area contributed by atoms with Gasteiger partial charge in [0.1, 0.15) is 5.92 Å². The lowest BCUT2D eigenvalue weighted by Crippen LogP contribution is -2.48. The number of nitro benzene ring substituents is 1. The number of carbonyl (C=O) groups is 3. The molecule has 38 heavy (non-hydrogen) atoms. The first-order valence-corrected chi connectivity index (χ1v) is 12.6. The van der Waals surface area contributed by atoms with Gasteiger partial charge in [-0.1, -0.05) is 30.3 Å². The summed E-state index contributed by atoms with van der Waals surface area (Å²) < 4.78 is 5.46. The van der Waals surface area contributed by atoms with Crippen molar-refractivity contribution in [2.45, 2.75) is 53.2 Å². The number of aliphatic imine (C=N–C) groups is 1. The molecule has 0 saturated heterocycles. The van der Waals surface area contributed by atoms with E-state index in [1.807, 2.05) is 26.0 Å². The Balaban J connectivity index is 1.77. The molecular formula is C28H34N4O6. The minimum absolute atomic E-state index is 0.0218. The molecule has 0 aliphatic carbocycles. The zero-order chi connectivity index (χ0) is 28.0. The lowest BCUT2D eigenvalue weighted by Gasteiger charge is -2.38. The fraction of sp³-hybridized carbons (Fsp3) is 0.429.